The lowest BCUT2D eigenvalue weighted by Crippen LogP contribution is -2.16. The zero-order valence-corrected chi connectivity index (χ0v) is 11.6. The van der Waals surface area contributed by atoms with Gasteiger partial charge in [-0.2, -0.15) is 0 Å². The molecule has 0 N–H and O–H groups in total. The molecule has 0 atom stereocenters. The molecule has 0 spiro atoms. The Balaban J connectivity index is 2.29. The maximum Gasteiger partial charge on any atom is 0.573 e. The summed E-state index contributed by atoms with van der Waals surface area (Å²) in [5.74, 6) is -0.417. The Kier molecular flexibility index (Phi) is 4.23. The molecule has 0 fully saturated rings. The molecular weight excluding hydrogens is 305 g/mol. The van der Waals surface area contributed by atoms with Gasteiger partial charge in [0.25, 0.3) is 0 Å². The highest BCUT2D eigenvalue weighted by molar-refractivity contribution is 6.33. The predicted molar refractivity (Wildman–Crippen MR) is 73.6 cm³/mol. The first-order valence-electron chi connectivity index (χ1n) is 5.93. The summed E-state index contributed by atoms with van der Waals surface area (Å²) in [6, 6.07) is 10.1. The van der Waals surface area contributed by atoms with Crippen LogP contribution in [0.3, 0.4) is 0 Å². The first-order chi connectivity index (χ1) is 9.76. The number of halogens is 4. The van der Waals surface area contributed by atoms with Crippen LogP contribution in [0.15, 0.2) is 42.5 Å². The third-order valence-electron chi connectivity index (χ3n) is 2.77. The summed E-state index contributed by atoms with van der Waals surface area (Å²) in [5.41, 5.74) is 1.73. The quantitative estimate of drug-likeness (QED) is 0.736. The summed E-state index contributed by atoms with van der Waals surface area (Å²) in [5, 5.41) is 0.354. The molecule has 0 aliphatic rings. The molecule has 0 aromatic heterocycles. The van der Waals surface area contributed by atoms with Gasteiger partial charge in [-0.05, 0) is 30.7 Å². The molecule has 2 aromatic carbocycles. The molecule has 21 heavy (non-hydrogen) atoms. The van der Waals surface area contributed by atoms with Gasteiger partial charge >= 0.3 is 6.36 Å². The van der Waals surface area contributed by atoms with Gasteiger partial charge in [-0.3, -0.25) is 4.79 Å². The highest BCUT2D eigenvalue weighted by atomic mass is 35.5. The van der Waals surface area contributed by atoms with Gasteiger partial charge in [-0.25, -0.2) is 0 Å². The molecule has 0 saturated carbocycles. The standard InChI is InChI=1S/C15H10ClF3O2/c1-9(20)11-4-7-13(14(16)8-11)10-2-5-12(6-3-10)21-15(17,18)19/h2-8H,1H3. The van der Waals surface area contributed by atoms with Crippen LogP contribution in [0.2, 0.25) is 5.02 Å². The Morgan fingerprint density at radius 1 is 1.10 bits per heavy atom. The Hall–Kier alpha value is -2.01. The number of alkyl halides is 3. The SMILES string of the molecule is CC(=O)c1ccc(-c2ccc(OC(F)(F)F)cc2)c(Cl)c1. The Labute approximate surface area is 124 Å². The van der Waals surface area contributed by atoms with Crippen LogP contribution in [0.4, 0.5) is 13.2 Å². The summed E-state index contributed by atoms with van der Waals surface area (Å²) >= 11 is 6.09. The van der Waals surface area contributed by atoms with E-state index in [1.165, 1.54) is 37.3 Å². The van der Waals surface area contributed by atoms with Gasteiger partial charge in [0.15, 0.2) is 5.78 Å². The molecule has 0 aliphatic heterocycles. The van der Waals surface area contributed by atoms with Gasteiger partial charge in [0, 0.05) is 16.1 Å². The number of hydrogen-bond donors (Lipinski definition) is 0. The van der Waals surface area contributed by atoms with Gasteiger partial charge in [-0.15, -0.1) is 13.2 Å². The number of carbonyl (C=O) groups is 1. The van der Waals surface area contributed by atoms with E-state index in [0.29, 0.717) is 21.7 Å². The zero-order valence-electron chi connectivity index (χ0n) is 10.9. The number of rotatable bonds is 3. The van der Waals surface area contributed by atoms with Crippen LogP contribution in [0, 0.1) is 0 Å². The van der Waals surface area contributed by atoms with E-state index < -0.39 is 6.36 Å². The predicted octanol–water partition coefficient (Wildman–Crippen LogP) is 5.11. The van der Waals surface area contributed by atoms with Gasteiger partial charge in [0.2, 0.25) is 0 Å². The number of hydrogen-bond acceptors (Lipinski definition) is 2. The highest BCUT2D eigenvalue weighted by Gasteiger charge is 2.30. The molecule has 0 amide bonds. The average Bonchev–Trinajstić information content (AvgIpc) is 2.38. The van der Waals surface area contributed by atoms with Gasteiger partial charge < -0.3 is 4.74 Å². The van der Waals surface area contributed by atoms with Crippen molar-refractivity contribution >= 4 is 17.4 Å². The summed E-state index contributed by atoms with van der Waals surface area (Å²) in [7, 11) is 0. The minimum Gasteiger partial charge on any atom is -0.406 e. The zero-order chi connectivity index (χ0) is 15.6. The second-order valence-electron chi connectivity index (χ2n) is 4.32. The van der Waals surface area contributed by atoms with Crippen LogP contribution in [-0.2, 0) is 0 Å². The van der Waals surface area contributed by atoms with Crippen molar-refractivity contribution in [2.75, 3.05) is 0 Å². The molecule has 0 aliphatic carbocycles. The van der Waals surface area contributed by atoms with E-state index in [9.17, 15) is 18.0 Å². The lowest BCUT2D eigenvalue weighted by molar-refractivity contribution is -0.274. The lowest BCUT2D eigenvalue weighted by Gasteiger charge is -2.10. The molecule has 2 nitrogen and oxygen atoms in total. The molecule has 0 heterocycles. The van der Waals surface area contributed by atoms with E-state index in [-0.39, 0.29) is 11.5 Å². The number of ketones is 1. The maximum atomic E-state index is 12.1. The van der Waals surface area contributed by atoms with Gasteiger partial charge in [-0.1, -0.05) is 35.9 Å². The van der Waals surface area contributed by atoms with E-state index in [2.05, 4.69) is 4.74 Å². The van der Waals surface area contributed by atoms with E-state index in [0.717, 1.165) is 0 Å². The minimum atomic E-state index is -4.72. The van der Waals surface area contributed by atoms with E-state index in [4.69, 9.17) is 11.6 Å². The van der Waals surface area contributed by atoms with Crippen molar-refractivity contribution in [3.63, 3.8) is 0 Å². The molecule has 2 aromatic rings. The molecule has 0 radical (unpaired) electrons. The fourth-order valence-corrected chi connectivity index (χ4v) is 2.09. The topological polar surface area (TPSA) is 26.3 Å². The monoisotopic (exact) mass is 314 g/mol. The van der Waals surface area contributed by atoms with E-state index in [1.54, 1.807) is 12.1 Å². The minimum absolute atomic E-state index is 0.114. The maximum absolute atomic E-state index is 12.1. The number of benzene rings is 2. The van der Waals surface area contributed by atoms with Crippen LogP contribution >= 0.6 is 11.6 Å². The van der Waals surface area contributed by atoms with Crippen molar-refractivity contribution in [1.82, 2.24) is 0 Å². The normalized spacial score (nSPS) is 11.3. The number of ether oxygens (including phenoxy) is 1. The number of Topliss-reactive ketones (excluding diaryl/α,β-unsaturated/α-hetero) is 1. The van der Waals surface area contributed by atoms with Crippen LogP contribution in [0.25, 0.3) is 11.1 Å². The first-order valence-corrected chi connectivity index (χ1v) is 6.31. The largest absolute Gasteiger partial charge is 0.573 e. The van der Waals surface area contributed by atoms with Gasteiger partial charge in [0.1, 0.15) is 5.75 Å². The molecule has 110 valence electrons. The van der Waals surface area contributed by atoms with Gasteiger partial charge in [0.05, 0.1) is 0 Å². The Bertz CT molecular complexity index is 664. The summed E-state index contributed by atoms with van der Waals surface area (Å²) < 4.78 is 40.0. The van der Waals surface area contributed by atoms with E-state index >= 15 is 0 Å². The van der Waals surface area contributed by atoms with Crippen molar-refractivity contribution in [2.45, 2.75) is 13.3 Å². The first kappa shape index (κ1) is 15.4. The van der Waals surface area contributed by atoms with Crippen LogP contribution in [0.5, 0.6) is 5.75 Å². The Morgan fingerprint density at radius 2 is 1.71 bits per heavy atom. The molecule has 6 heteroatoms. The van der Waals surface area contributed by atoms with Crippen LogP contribution in [0.1, 0.15) is 17.3 Å². The summed E-state index contributed by atoms with van der Waals surface area (Å²) in [6.45, 7) is 1.43. The fourth-order valence-electron chi connectivity index (χ4n) is 1.80. The average molecular weight is 315 g/mol. The van der Waals surface area contributed by atoms with Crippen molar-refractivity contribution in [1.29, 1.82) is 0 Å². The van der Waals surface area contributed by atoms with E-state index in [1.807, 2.05) is 0 Å². The third-order valence-corrected chi connectivity index (χ3v) is 3.09. The van der Waals surface area contributed by atoms with Crippen LogP contribution < -0.4 is 4.74 Å². The number of carbonyl (C=O) groups excluding carboxylic acids is 1. The summed E-state index contributed by atoms with van der Waals surface area (Å²) in [4.78, 5) is 11.2. The second kappa shape index (κ2) is 5.77. The molecular formula is C15H10ClF3O2. The smallest absolute Gasteiger partial charge is 0.406 e. The summed E-state index contributed by atoms with van der Waals surface area (Å²) in [6.07, 6.45) is -4.72. The van der Waals surface area contributed by atoms with Crippen molar-refractivity contribution in [2.24, 2.45) is 0 Å². The molecule has 0 bridgehead atoms. The van der Waals surface area contributed by atoms with Crippen molar-refractivity contribution in [3.8, 4) is 16.9 Å². The fraction of sp³-hybridized carbons (Fsp3) is 0.133. The Morgan fingerprint density at radius 3 is 2.19 bits per heavy atom. The lowest BCUT2D eigenvalue weighted by atomic mass is 10.0. The van der Waals surface area contributed by atoms with Crippen molar-refractivity contribution in [3.05, 3.63) is 53.1 Å². The highest BCUT2D eigenvalue weighted by Crippen LogP contribution is 2.31. The van der Waals surface area contributed by atoms with Crippen molar-refractivity contribution < 1.29 is 22.7 Å². The second-order valence-corrected chi connectivity index (χ2v) is 4.73. The molecule has 0 saturated heterocycles. The molecule has 0 unspecified atom stereocenters. The third kappa shape index (κ3) is 3.98. The molecule has 2 rings (SSSR count). The van der Waals surface area contributed by atoms with Crippen LogP contribution in [-0.4, -0.2) is 12.1 Å².